The Morgan fingerprint density at radius 2 is 2.08 bits per heavy atom. The topological polar surface area (TPSA) is 73.6 Å². The van der Waals surface area contributed by atoms with Crippen molar-refractivity contribution in [3.63, 3.8) is 0 Å². The Morgan fingerprint density at radius 1 is 1.21 bits per heavy atom. The van der Waals surface area contributed by atoms with Crippen molar-refractivity contribution in [2.24, 2.45) is 0 Å². The van der Waals surface area contributed by atoms with Gasteiger partial charge in [0, 0.05) is 11.8 Å². The lowest BCUT2D eigenvalue weighted by Gasteiger charge is -2.15. The first-order chi connectivity index (χ1) is 11.8. The lowest BCUT2D eigenvalue weighted by molar-refractivity contribution is 0.101. The summed E-state index contributed by atoms with van der Waals surface area (Å²) >= 11 is 0. The van der Waals surface area contributed by atoms with Crippen LogP contribution in [0.1, 0.15) is 16.1 Å². The van der Waals surface area contributed by atoms with Crippen LogP contribution in [-0.4, -0.2) is 18.2 Å². The number of rotatable bonds is 3. The molecule has 2 heterocycles. The van der Waals surface area contributed by atoms with Crippen LogP contribution >= 0.6 is 0 Å². The van der Waals surface area contributed by atoms with Gasteiger partial charge in [0.2, 0.25) is 0 Å². The molecule has 1 N–H and O–H groups in total. The number of ether oxygens (including phenoxy) is 2. The van der Waals surface area contributed by atoms with Crippen LogP contribution in [0.3, 0.4) is 0 Å². The quantitative estimate of drug-likeness (QED) is 0.799. The number of benzene rings is 2. The average molecular weight is 322 g/mol. The van der Waals surface area contributed by atoms with Crippen molar-refractivity contribution in [1.29, 1.82) is 0 Å². The molecular weight excluding hydrogens is 308 g/mol. The number of hydrogen-bond donors (Lipinski definition) is 1. The maximum atomic E-state index is 12.5. The van der Waals surface area contributed by atoms with Crippen LogP contribution < -0.4 is 14.8 Å². The van der Waals surface area contributed by atoms with Gasteiger partial charge in [-0.05, 0) is 24.3 Å². The molecule has 120 valence electrons. The second-order valence-electron chi connectivity index (χ2n) is 5.31. The Bertz CT molecular complexity index is 917. The molecule has 3 aromatic rings. The average Bonchev–Trinajstić information content (AvgIpc) is 3.06. The van der Waals surface area contributed by atoms with E-state index in [9.17, 15) is 4.79 Å². The molecule has 0 bridgehead atoms. The Morgan fingerprint density at radius 3 is 2.96 bits per heavy atom. The first kappa shape index (κ1) is 14.3. The molecule has 1 aliphatic heterocycles. The van der Waals surface area contributed by atoms with E-state index in [4.69, 9.17) is 14.0 Å². The summed E-state index contributed by atoms with van der Waals surface area (Å²) < 4.78 is 16.2. The summed E-state index contributed by atoms with van der Waals surface area (Å²) in [6, 6.07) is 14.6. The third-order valence-corrected chi connectivity index (χ3v) is 3.83. The maximum absolute atomic E-state index is 12.5. The summed E-state index contributed by atoms with van der Waals surface area (Å²) in [7, 11) is 1.57. The molecular formula is C18H14N2O4. The van der Waals surface area contributed by atoms with Gasteiger partial charge >= 0.3 is 0 Å². The van der Waals surface area contributed by atoms with Gasteiger partial charge < -0.3 is 19.3 Å². The number of nitrogens with zero attached hydrogens (tertiary/aromatic N) is 1. The molecule has 0 saturated carbocycles. The van der Waals surface area contributed by atoms with E-state index in [1.165, 1.54) is 0 Å². The minimum absolute atomic E-state index is 0.224. The number of amides is 1. The van der Waals surface area contributed by atoms with Gasteiger partial charge in [-0.1, -0.05) is 23.4 Å². The summed E-state index contributed by atoms with van der Waals surface area (Å²) in [6.07, 6.45) is 0. The summed E-state index contributed by atoms with van der Waals surface area (Å²) in [4.78, 5) is 12.5. The summed E-state index contributed by atoms with van der Waals surface area (Å²) in [5, 5.41) is 6.73. The molecule has 4 rings (SSSR count). The zero-order valence-electron chi connectivity index (χ0n) is 12.9. The van der Waals surface area contributed by atoms with Gasteiger partial charge in [-0.2, -0.15) is 0 Å². The Kier molecular flexibility index (Phi) is 3.42. The molecule has 0 saturated heterocycles. The van der Waals surface area contributed by atoms with Gasteiger partial charge in [-0.3, -0.25) is 4.79 Å². The molecule has 1 aromatic heterocycles. The van der Waals surface area contributed by atoms with Gasteiger partial charge in [-0.25, -0.2) is 0 Å². The standard InChI is InChI=1S/C18H14N2O4/c1-22-12-6-4-5-11(9-12)19-18(21)16-14-10-23-15-8-3-2-7-13(15)17(14)24-20-16/h2-9H,10H2,1H3,(H,19,21). The second kappa shape index (κ2) is 5.73. The van der Waals surface area contributed by atoms with E-state index in [2.05, 4.69) is 10.5 Å². The fourth-order valence-corrected chi connectivity index (χ4v) is 2.65. The highest BCUT2D eigenvalue weighted by molar-refractivity contribution is 6.04. The SMILES string of the molecule is COc1cccc(NC(=O)c2noc3c2COc2ccccc2-3)c1. The van der Waals surface area contributed by atoms with Crippen molar-refractivity contribution in [2.45, 2.75) is 6.61 Å². The van der Waals surface area contributed by atoms with E-state index >= 15 is 0 Å². The number of nitrogens with one attached hydrogen (secondary N) is 1. The number of fused-ring (bicyclic) bond motifs is 3. The van der Waals surface area contributed by atoms with Gasteiger partial charge in [0.15, 0.2) is 11.5 Å². The van der Waals surface area contributed by atoms with Crippen molar-refractivity contribution in [1.82, 2.24) is 5.16 Å². The molecule has 0 spiro atoms. The van der Waals surface area contributed by atoms with Crippen LogP contribution in [-0.2, 0) is 6.61 Å². The van der Waals surface area contributed by atoms with Crippen molar-refractivity contribution in [3.8, 4) is 22.8 Å². The monoisotopic (exact) mass is 322 g/mol. The summed E-state index contributed by atoms with van der Waals surface area (Å²) in [6.45, 7) is 0.247. The number of para-hydroxylation sites is 1. The van der Waals surface area contributed by atoms with Crippen LogP contribution in [0.5, 0.6) is 11.5 Å². The normalized spacial score (nSPS) is 11.9. The second-order valence-corrected chi connectivity index (χ2v) is 5.31. The predicted octanol–water partition coefficient (Wildman–Crippen LogP) is 3.49. The van der Waals surface area contributed by atoms with Crippen LogP contribution in [0, 0.1) is 0 Å². The highest BCUT2D eigenvalue weighted by atomic mass is 16.5. The molecule has 0 fully saturated rings. The Balaban J connectivity index is 1.64. The van der Waals surface area contributed by atoms with E-state index < -0.39 is 0 Å². The first-order valence-electron chi connectivity index (χ1n) is 7.42. The van der Waals surface area contributed by atoms with Crippen molar-refractivity contribution >= 4 is 11.6 Å². The number of anilines is 1. The molecule has 24 heavy (non-hydrogen) atoms. The van der Waals surface area contributed by atoms with Crippen molar-refractivity contribution in [2.75, 3.05) is 12.4 Å². The fourth-order valence-electron chi connectivity index (χ4n) is 2.65. The van der Waals surface area contributed by atoms with Crippen molar-refractivity contribution in [3.05, 3.63) is 59.8 Å². The predicted molar refractivity (Wildman–Crippen MR) is 87.2 cm³/mol. The fraction of sp³-hybridized carbons (Fsp3) is 0.111. The summed E-state index contributed by atoms with van der Waals surface area (Å²) in [5.41, 5.74) is 2.29. The lowest BCUT2D eigenvalue weighted by atomic mass is 10.0. The van der Waals surface area contributed by atoms with Gasteiger partial charge in [0.25, 0.3) is 5.91 Å². The minimum atomic E-state index is -0.351. The third-order valence-electron chi connectivity index (χ3n) is 3.83. The van der Waals surface area contributed by atoms with Crippen LogP contribution in [0.15, 0.2) is 53.1 Å². The van der Waals surface area contributed by atoms with E-state index in [0.717, 1.165) is 11.3 Å². The molecule has 6 heteroatoms. The number of hydrogen-bond acceptors (Lipinski definition) is 5. The highest BCUT2D eigenvalue weighted by Gasteiger charge is 2.28. The largest absolute Gasteiger partial charge is 0.497 e. The number of aromatic nitrogens is 1. The van der Waals surface area contributed by atoms with E-state index in [-0.39, 0.29) is 18.2 Å². The lowest BCUT2D eigenvalue weighted by Crippen LogP contribution is -2.16. The van der Waals surface area contributed by atoms with Crippen LogP contribution in [0.4, 0.5) is 5.69 Å². The van der Waals surface area contributed by atoms with E-state index in [0.29, 0.717) is 22.8 Å². The van der Waals surface area contributed by atoms with Gasteiger partial charge in [-0.15, -0.1) is 0 Å². The van der Waals surface area contributed by atoms with Crippen molar-refractivity contribution < 1.29 is 18.8 Å². The number of methoxy groups -OCH3 is 1. The molecule has 1 amide bonds. The highest BCUT2D eigenvalue weighted by Crippen LogP contribution is 2.38. The minimum Gasteiger partial charge on any atom is -0.497 e. The zero-order valence-corrected chi connectivity index (χ0v) is 12.9. The molecule has 0 radical (unpaired) electrons. The first-order valence-corrected chi connectivity index (χ1v) is 7.42. The summed E-state index contributed by atoms with van der Waals surface area (Å²) in [5.74, 6) is 1.61. The molecule has 1 aliphatic rings. The number of carbonyl (C=O) groups excluding carboxylic acids is 1. The van der Waals surface area contributed by atoms with E-state index in [1.807, 2.05) is 24.3 Å². The van der Waals surface area contributed by atoms with Gasteiger partial charge in [0.05, 0.1) is 18.2 Å². The zero-order chi connectivity index (χ0) is 16.5. The molecule has 6 nitrogen and oxygen atoms in total. The molecule has 0 unspecified atom stereocenters. The number of carbonyl (C=O) groups is 1. The smallest absolute Gasteiger partial charge is 0.278 e. The van der Waals surface area contributed by atoms with E-state index in [1.54, 1.807) is 31.4 Å². The maximum Gasteiger partial charge on any atom is 0.278 e. The third kappa shape index (κ3) is 2.38. The molecule has 0 aliphatic carbocycles. The van der Waals surface area contributed by atoms with Crippen LogP contribution in [0.25, 0.3) is 11.3 Å². The molecule has 0 atom stereocenters. The Labute approximate surface area is 138 Å². The van der Waals surface area contributed by atoms with Crippen LogP contribution in [0.2, 0.25) is 0 Å². The molecule has 2 aromatic carbocycles. The van der Waals surface area contributed by atoms with Gasteiger partial charge in [0.1, 0.15) is 18.1 Å². The Hall–Kier alpha value is -3.28.